The third-order valence-electron chi connectivity index (χ3n) is 2.33. The SMILES string of the molecule is NCC1CN(c2ncc([N+](=O)[O-])s2)CCO1. The molecule has 0 bridgehead atoms. The topological polar surface area (TPSA) is 94.5 Å². The molecule has 1 fully saturated rings. The van der Waals surface area contributed by atoms with Crippen LogP contribution in [0.2, 0.25) is 0 Å². The van der Waals surface area contributed by atoms with Gasteiger partial charge in [0.25, 0.3) is 0 Å². The zero-order valence-electron chi connectivity index (χ0n) is 8.54. The molecule has 0 radical (unpaired) electrons. The lowest BCUT2D eigenvalue weighted by atomic mass is 10.3. The highest BCUT2D eigenvalue weighted by Gasteiger charge is 2.23. The molecule has 0 spiro atoms. The zero-order valence-corrected chi connectivity index (χ0v) is 9.35. The average molecular weight is 244 g/mol. The van der Waals surface area contributed by atoms with E-state index in [0.29, 0.717) is 31.4 Å². The quantitative estimate of drug-likeness (QED) is 0.603. The van der Waals surface area contributed by atoms with Crippen LogP contribution in [-0.2, 0) is 4.74 Å². The monoisotopic (exact) mass is 244 g/mol. The van der Waals surface area contributed by atoms with Crippen molar-refractivity contribution in [2.75, 3.05) is 31.1 Å². The van der Waals surface area contributed by atoms with E-state index >= 15 is 0 Å². The van der Waals surface area contributed by atoms with Crippen LogP contribution in [0.4, 0.5) is 10.1 Å². The van der Waals surface area contributed by atoms with E-state index in [1.807, 2.05) is 4.90 Å². The number of hydrogen-bond donors (Lipinski definition) is 1. The summed E-state index contributed by atoms with van der Waals surface area (Å²) in [7, 11) is 0. The lowest BCUT2D eigenvalue weighted by molar-refractivity contribution is -0.380. The molecular formula is C8H12N4O3S. The Morgan fingerprint density at radius 1 is 1.81 bits per heavy atom. The van der Waals surface area contributed by atoms with Crippen molar-refractivity contribution in [3.8, 4) is 0 Å². The van der Waals surface area contributed by atoms with Gasteiger partial charge in [0, 0.05) is 19.6 Å². The van der Waals surface area contributed by atoms with Crippen LogP contribution in [0.1, 0.15) is 0 Å². The Morgan fingerprint density at radius 2 is 2.62 bits per heavy atom. The van der Waals surface area contributed by atoms with Crippen molar-refractivity contribution in [3.63, 3.8) is 0 Å². The maximum atomic E-state index is 10.5. The van der Waals surface area contributed by atoms with Crippen molar-refractivity contribution in [1.82, 2.24) is 4.98 Å². The third kappa shape index (κ3) is 2.29. The van der Waals surface area contributed by atoms with E-state index in [9.17, 15) is 10.1 Å². The van der Waals surface area contributed by atoms with Gasteiger partial charge in [0.2, 0.25) is 0 Å². The molecule has 0 amide bonds. The van der Waals surface area contributed by atoms with Crippen LogP contribution in [0, 0.1) is 10.1 Å². The number of hydrogen-bond acceptors (Lipinski definition) is 7. The summed E-state index contributed by atoms with van der Waals surface area (Å²) in [6.45, 7) is 2.36. The lowest BCUT2D eigenvalue weighted by Crippen LogP contribution is -2.45. The van der Waals surface area contributed by atoms with E-state index in [-0.39, 0.29) is 11.1 Å². The summed E-state index contributed by atoms with van der Waals surface area (Å²) >= 11 is 1.08. The fourth-order valence-corrected chi connectivity index (χ4v) is 2.29. The molecule has 1 aliphatic heterocycles. The molecule has 7 nitrogen and oxygen atoms in total. The highest BCUT2D eigenvalue weighted by Crippen LogP contribution is 2.29. The summed E-state index contributed by atoms with van der Waals surface area (Å²) < 4.78 is 5.41. The van der Waals surface area contributed by atoms with Gasteiger partial charge in [-0.25, -0.2) is 4.98 Å². The van der Waals surface area contributed by atoms with E-state index in [1.165, 1.54) is 6.20 Å². The highest BCUT2D eigenvalue weighted by molar-refractivity contribution is 7.18. The summed E-state index contributed by atoms with van der Waals surface area (Å²) in [5.74, 6) is 0. The number of nitro groups is 1. The lowest BCUT2D eigenvalue weighted by Gasteiger charge is -2.31. The molecule has 2 heterocycles. The first-order valence-corrected chi connectivity index (χ1v) is 5.69. The zero-order chi connectivity index (χ0) is 11.5. The normalized spacial score (nSPS) is 21.1. The molecule has 16 heavy (non-hydrogen) atoms. The molecule has 88 valence electrons. The van der Waals surface area contributed by atoms with Gasteiger partial charge in [0.1, 0.15) is 6.20 Å². The van der Waals surface area contributed by atoms with E-state index in [2.05, 4.69) is 4.98 Å². The predicted octanol–water partition coefficient (Wildman–Crippen LogP) is 0.215. The number of ether oxygens (including phenoxy) is 1. The molecule has 0 aliphatic carbocycles. The Bertz CT molecular complexity index is 383. The number of thiazole rings is 1. The van der Waals surface area contributed by atoms with Crippen LogP contribution in [0.25, 0.3) is 0 Å². The number of anilines is 1. The maximum Gasteiger partial charge on any atom is 0.345 e. The van der Waals surface area contributed by atoms with Gasteiger partial charge >= 0.3 is 5.00 Å². The highest BCUT2D eigenvalue weighted by atomic mass is 32.1. The summed E-state index contributed by atoms with van der Waals surface area (Å²) in [5.41, 5.74) is 5.52. The fraction of sp³-hybridized carbons (Fsp3) is 0.625. The molecule has 0 saturated carbocycles. The van der Waals surface area contributed by atoms with Gasteiger partial charge in [0.05, 0.1) is 17.6 Å². The van der Waals surface area contributed by atoms with Gasteiger partial charge in [0.15, 0.2) is 5.13 Å². The Balaban J connectivity index is 2.08. The van der Waals surface area contributed by atoms with E-state index in [0.717, 1.165) is 11.3 Å². The molecule has 0 aromatic carbocycles. The summed E-state index contributed by atoms with van der Waals surface area (Å²) in [5, 5.41) is 11.3. The minimum absolute atomic E-state index is 0.0169. The minimum Gasteiger partial charge on any atom is -0.373 e. The van der Waals surface area contributed by atoms with Gasteiger partial charge in [-0.3, -0.25) is 10.1 Å². The van der Waals surface area contributed by atoms with Gasteiger partial charge < -0.3 is 15.4 Å². The summed E-state index contributed by atoms with van der Waals surface area (Å²) in [6, 6.07) is 0. The van der Waals surface area contributed by atoms with Crippen molar-refractivity contribution < 1.29 is 9.66 Å². The van der Waals surface area contributed by atoms with Crippen molar-refractivity contribution in [1.29, 1.82) is 0 Å². The van der Waals surface area contributed by atoms with Crippen molar-refractivity contribution in [2.24, 2.45) is 5.73 Å². The van der Waals surface area contributed by atoms with Crippen LogP contribution in [-0.4, -0.2) is 42.3 Å². The first-order chi connectivity index (χ1) is 7.70. The van der Waals surface area contributed by atoms with Gasteiger partial charge in [-0.2, -0.15) is 0 Å². The second-order valence-corrected chi connectivity index (χ2v) is 4.40. The molecule has 1 unspecified atom stereocenters. The number of nitrogens with zero attached hydrogens (tertiary/aromatic N) is 3. The van der Waals surface area contributed by atoms with Gasteiger partial charge in [-0.15, -0.1) is 0 Å². The van der Waals surface area contributed by atoms with Crippen LogP contribution >= 0.6 is 11.3 Å². The molecule has 2 rings (SSSR count). The number of morpholine rings is 1. The Kier molecular flexibility index (Phi) is 3.32. The standard InChI is InChI=1S/C8H12N4O3S/c9-3-6-5-11(1-2-15-6)8-10-4-7(16-8)12(13)14/h4,6H,1-3,5,9H2. The van der Waals surface area contributed by atoms with Crippen LogP contribution < -0.4 is 10.6 Å². The Hall–Kier alpha value is -1.25. The second-order valence-electron chi connectivity index (χ2n) is 3.41. The maximum absolute atomic E-state index is 10.5. The smallest absolute Gasteiger partial charge is 0.345 e. The van der Waals surface area contributed by atoms with E-state index < -0.39 is 4.92 Å². The van der Waals surface area contributed by atoms with E-state index in [1.54, 1.807) is 0 Å². The van der Waals surface area contributed by atoms with Crippen LogP contribution in [0.3, 0.4) is 0 Å². The van der Waals surface area contributed by atoms with Gasteiger partial charge in [-0.05, 0) is 11.3 Å². The summed E-state index contributed by atoms with van der Waals surface area (Å²) in [4.78, 5) is 16.1. The first kappa shape index (κ1) is 11.2. The van der Waals surface area contributed by atoms with Crippen molar-refractivity contribution in [3.05, 3.63) is 16.3 Å². The average Bonchev–Trinajstić information content (AvgIpc) is 2.78. The molecule has 1 aliphatic rings. The van der Waals surface area contributed by atoms with Crippen molar-refractivity contribution in [2.45, 2.75) is 6.10 Å². The predicted molar refractivity (Wildman–Crippen MR) is 59.8 cm³/mol. The molecule has 1 atom stereocenters. The van der Waals surface area contributed by atoms with Crippen LogP contribution in [0.15, 0.2) is 6.20 Å². The van der Waals surface area contributed by atoms with Gasteiger partial charge in [-0.1, -0.05) is 0 Å². The van der Waals surface area contributed by atoms with E-state index in [4.69, 9.17) is 10.5 Å². The molecule has 1 saturated heterocycles. The van der Waals surface area contributed by atoms with Crippen molar-refractivity contribution >= 4 is 21.5 Å². The Labute approximate surface area is 96.0 Å². The molecular weight excluding hydrogens is 232 g/mol. The number of rotatable bonds is 3. The minimum atomic E-state index is -0.429. The summed E-state index contributed by atoms with van der Waals surface area (Å²) in [6.07, 6.45) is 1.27. The number of aromatic nitrogens is 1. The first-order valence-electron chi connectivity index (χ1n) is 4.87. The van der Waals surface area contributed by atoms with Crippen LogP contribution in [0.5, 0.6) is 0 Å². The number of nitrogens with two attached hydrogens (primary N) is 1. The second kappa shape index (κ2) is 4.73. The molecule has 1 aromatic rings. The fourth-order valence-electron chi connectivity index (χ4n) is 1.52. The third-order valence-corrected chi connectivity index (χ3v) is 3.34. The molecule has 8 heteroatoms. The molecule has 2 N–H and O–H groups in total. The largest absolute Gasteiger partial charge is 0.373 e. The molecule has 1 aromatic heterocycles. The Morgan fingerprint density at radius 3 is 3.25 bits per heavy atom.